The molecule has 21 heavy (non-hydrogen) atoms. The zero-order chi connectivity index (χ0) is 14.9. The number of nitrogens with zero attached hydrogens (tertiary/aromatic N) is 2. The number of halogens is 1. The molecule has 1 aromatic heterocycles. The predicted molar refractivity (Wildman–Crippen MR) is 80.3 cm³/mol. The van der Waals surface area contributed by atoms with E-state index in [1.165, 1.54) is 22.6 Å². The van der Waals surface area contributed by atoms with Crippen LogP contribution >= 0.6 is 11.6 Å². The summed E-state index contributed by atoms with van der Waals surface area (Å²) in [6.45, 7) is 0.847. The van der Waals surface area contributed by atoms with Crippen molar-refractivity contribution < 1.29 is 13.2 Å². The van der Waals surface area contributed by atoms with Crippen molar-refractivity contribution in [3.8, 4) is 5.75 Å². The van der Waals surface area contributed by atoms with Gasteiger partial charge in [-0.3, -0.25) is 4.31 Å². The van der Waals surface area contributed by atoms with Gasteiger partial charge < -0.3 is 4.74 Å². The average Bonchev–Trinajstić information content (AvgIpc) is 2.70. The van der Waals surface area contributed by atoms with Crippen molar-refractivity contribution in [1.82, 2.24) is 4.98 Å². The van der Waals surface area contributed by atoms with E-state index >= 15 is 0 Å². The Labute approximate surface area is 128 Å². The number of rotatable bonds is 2. The van der Waals surface area contributed by atoms with E-state index in [4.69, 9.17) is 16.3 Å². The Hall–Kier alpha value is -1.79. The highest BCUT2D eigenvalue weighted by Gasteiger charge is 2.28. The fourth-order valence-electron chi connectivity index (χ4n) is 2.22. The smallest absolute Gasteiger partial charge is 0.264 e. The van der Waals surface area contributed by atoms with Gasteiger partial charge >= 0.3 is 0 Å². The zero-order valence-corrected chi connectivity index (χ0v) is 12.6. The number of hydrogen-bond donors (Lipinski definition) is 0. The largest absolute Gasteiger partial charge is 0.491 e. The van der Waals surface area contributed by atoms with Crippen LogP contribution < -0.4 is 9.04 Å². The second kappa shape index (κ2) is 5.54. The van der Waals surface area contributed by atoms with Crippen LogP contribution in [0.5, 0.6) is 5.75 Å². The van der Waals surface area contributed by atoms with Crippen LogP contribution in [-0.2, 0) is 10.0 Å². The quantitative estimate of drug-likeness (QED) is 0.797. The lowest BCUT2D eigenvalue weighted by atomic mass is 10.3. The fourth-order valence-corrected chi connectivity index (χ4v) is 3.98. The Balaban J connectivity index is 2.11. The molecule has 1 aromatic carbocycles. The summed E-state index contributed by atoms with van der Waals surface area (Å²) in [4.78, 5) is 3.94. The number of hydrogen-bond acceptors (Lipinski definition) is 4. The minimum absolute atomic E-state index is 0.124. The molecule has 0 amide bonds. The normalized spacial score (nSPS) is 15.0. The van der Waals surface area contributed by atoms with Gasteiger partial charge in [-0.2, -0.15) is 0 Å². The Kier molecular flexibility index (Phi) is 3.73. The Morgan fingerprint density at radius 1 is 1.24 bits per heavy atom. The first-order valence-corrected chi connectivity index (χ1v) is 8.27. The molecule has 0 spiro atoms. The standard InChI is InChI=1S/C14H13ClN2O3S/c15-14-10-11(6-7-16-14)21(18,19)17-8-3-9-20-13-5-2-1-4-12(13)17/h1-2,4-7,10H,3,8-9H2. The van der Waals surface area contributed by atoms with Gasteiger partial charge in [0.05, 0.1) is 17.2 Å². The molecule has 0 unspecified atom stereocenters. The summed E-state index contributed by atoms with van der Waals surface area (Å²) in [6, 6.07) is 9.90. The highest BCUT2D eigenvalue weighted by atomic mass is 35.5. The van der Waals surface area contributed by atoms with Gasteiger partial charge in [-0.1, -0.05) is 23.7 Å². The van der Waals surface area contributed by atoms with Gasteiger partial charge in [0.2, 0.25) is 0 Å². The molecule has 1 aliphatic heterocycles. The molecule has 3 rings (SSSR count). The minimum Gasteiger partial charge on any atom is -0.491 e. The molecular formula is C14H13ClN2O3S. The van der Waals surface area contributed by atoms with E-state index in [-0.39, 0.29) is 10.0 Å². The van der Waals surface area contributed by atoms with Crippen molar-refractivity contribution in [3.63, 3.8) is 0 Å². The molecule has 5 nitrogen and oxygen atoms in total. The number of sulfonamides is 1. The van der Waals surface area contributed by atoms with Gasteiger partial charge in [0.1, 0.15) is 10.9 Å². The summed E-state index contributed by atoms with van der Waals surface area (Å²) in [7, 11) is -3.69. The van der Waals surface area contributed by atoms with Gasteiger partial charge in [-0.05, 0) is 24.3 Å². The van der Waals surface area contributed by atoms with Gasteiger partial charge in [0, 0.05) is 19.2 Å². The zero-order valence-electron chi connectivity index (χ0n) is 11.1. The maximum Gasteiger partial charge on any atom is 0.264 e. The maximum absolute atomic E-state index is 12.8. The van der Waals surface area contributed by atoms with E-state index in [2.05, 4.69) is 4.98 Å². The summed E-state index contributed by atoms with van der Waals surface area (Å²) in [5.74, 6) is 0.568. The Morgan fingerprint density at radius 3 is 2.86 bits per heavy atom. The molecule has 0 saturated heterocycles. The number of benzene rings is 1. The van der Waals surface area contributed by atoms with E-state index in [1.807, 2.05) is 6.07 Å². The molecule has 2 heterocycles. The summed E-state index contributed by atoms with van der Waals surface area (Å²) in [5.41, 5.74) is 0.544. The second-order valence-corrected chi connectivity index (χ2v) is 6.81. The van der Waals surface area contributed by atoms with Crippen molar-refractivity contribution in [2.45, 2.75) is 11.3 Å². The molecule has 7 heteroatoms. The minimum atomic E-state index is -3.69. The van der Waals surface area contributed by atoms with E-state index < -0.39 is 10.0 Å². The van der Waals surface area contributed by atoms with Crippen LogP contribution in [0.3, 0.4) is 0 Å². The molecule has 0 radical (unpaired) electrons. The number of para-hydroxylation sites is 2. The number of ether oxygens (including phenoxy) is 1. The molecule has 110 valence electrons. The summed E-state index contributed by atoms with van der Waals surface area (Å²) in [5, 5.41) is 0.149. The molecule has 0 saturated carbocycles. The summed E-state index contributed by atoms with van der Waals surface area (Å²) < 4.78 is 32.6. The van der Waals surface area contributed by atoms with Crippen LogP contribution in [-0.4, -0.2) is 26.6 Å². The lowest BCUT2D eigenvalue weighted by molar-refractivity contribution is 0.322. The van der Waals surface area contributed by atoms with Crippen LogP contribution in [0, 0.1) is 0 Å². The lowest BCUT2D eigenvalue weighted by Gasteiger charge is -2.23. The topological polar surface area (TPSA) is 59.5 Å². The van der Waals surface area contributed by atoms with Crippen molar-refractivity contribution >= 4 is 27.3 Å². The first-order chi connectivity index (χ1) is 10.1. The predicted octanol–water partition coefficient (Wildman–Crippen LogP) is 2.71. The highest BCUT2D eigenvalue weighted by Crippen LogP contribution is 2.34. The SMILES string of the molecule is O=S(=O)(c1ccnc(Cl)c1)N1CCCOc2ccccc21. The van der Waals surface area contributed by atoms with E-state index in [0.717, 1.165) is 0 Å². The summed E-state index contributed by atoms with van der Waals surface area (Å²) in [6.07, 6.45) is 2.00. The maximum atomic E-state index is 12.8. The van der Waals surface area contributed by atoms with Gasteiger partial charge in [-0.15, -0.1) is 0 Å². The van der Waals surface area contributed by atoms with Crippen LogP contribution in [0.15, 0.2) is 47.5 Å². The van der Waals surface area contributed by atoms with Crippen molar-refractivity contribution in [1.29, 1.82) is 0 Å². The van der Waals surface area contributed by atoms with Crippen LogP contribution in [0.1, 0.15) is 6.42 Å². The first-order valence-electron chi connectivity index (χ1n) is 6.45. The molecular weight excluding hydrogens is 312 g/mol. The Morgan fingerprint density at radius 2 is 2.05 bits per heavy atom. The number of pyridine rings is 1. The van der Waals surface area contributed by atoms with E-state index in [0.29, 0.717) is 31.0 Å². The van der Waals surface area contributed by atoms with Crippen molar-refractivity contribution in [2.75, 3.05) is 17.5 Å². The Bertz CT molecular complexity index is 764. The molecule has 2 aromatic rings. The summed E-state index contributed by atoms with van der Waals surface area (Å²) >= 11 is 5.80. The first kappa shape index (κ1) is 14.2. The second-order valence-electron chi connectivity index (χ2n) is 4.56. The van der Waals surface area contributed by atoms with Gasteiger partial charge in [-0.25, -0.2) is 13.4 Å². The van der Waals surface area contributed by atoms with Crippen molar-refractivity contribution in [2.24, 2.45) is 0 Å². The van der Waals surface area contributed by atoms with Crippen LogP contribution in [0.4, 0.5) is 5.69 Å². The molecule has 0 bridgehead atoms. The van der Waals surface area contributed by atoms with E-state index in [1.54, 1.807) is 18.2 Å². The highest BCUT2D eigenvalue weighted by molar-refractivity contribution is 7.92. The van der Waals surface area contributed by atoms with Crippen LogP contribution in [0.25, 0.3) is 0 Å². The number of anilines is 1. The third-order valence-corrected chi connectivity index (χ3v) is 5.20. The molecule has 0 aliphatic carbocycles. The number of fused-ring (bicyclic) bond motifs is 1. The molecule has 0 atom stereocenters. The molecule has 1 aliphatic rings. The van der Waals surface area contributed by atoms with Gasteiger partial charge in [0.15, 0.2) is 0 Å². The third kappa shape index (κ3) is 2.69. The number of aromatic nitrogens is 1. The average molecular weight is 325 g/mol. The van der Waals surface area contributed by atoms with E-state index in [9.17, 15) is 8.42 Å². The monoisotopic (exact) mass is 324 g/mol. The fraction of sp³-hybridized carbons (Fsp3) is 0.214. The van der Waals surface area contributed by atoms with Crippen LogP contribution in [0.2, 0.25) is 5.15 Å². The lowest BCUT2D eigenvalue weighted by Crippen LogP contribution is -2.31. The van der Waals surface area contributed by atoms with Crippen molar-refractivity contribution in [3.05, 3.63) is 47.7 Å². The van der Waals surface area contributed by atoms with Gasteiger partial charge in [0.25, 0.3) is 10.0 Å². The third-order valence-electron chi connectivity index (χ3n) is 3.18. The molecule has 0 N–H and O–H groups in total. The molecule has 0 fully saturated rings.